The molecular weight excluding hydrogens is 202 g/mol. The van der Waals surface area contributed by atoms with Crippen LogP contribution in [0.1, 0.15) is 28.8 Å². The number of hydrogen-bond donors (Lipinski definition) is 1. The highest BCUT2D eigenvalue weighted by atomic mass is 16.1. The molecule has 0 radical (unpaired) electrons. The van der Waals surface area contributed by atoms with Gasteiger partial charge in [0.15, 0.2) is 0 Å². The molecule has 0 saturated heterocycles. The average molecular weight is 215 g/mol. The van der Waals surface area contributed by atoms with E-state index < -0.39 is 0 Å². The third kappa shape index (κ3) is 2.79. The summed E-state index contributed by atoms with van der Waals surface area (Å²) >= 11 is 0. The molecule has 1 aliphatic rings. The molecule has 16 heavy (non-hydrogen) atoms. The van der Waals surface area contributed by atoms with Crippen molar-refractivity contribution in [2.24, 2.45) is 0 Å². The third-order valence-electron chi connectivity index (χ3n) is 2.45. The van der Waals surface area contributed by atoms with Gasteiger partial charge in [-0.2, -0.15) is 0 Å². The van der Waals surface area contributed by atoms with Crippen molar-refractivity contribution in [3.63, 3.8) is 0 Å². The van der Waals surface area contributed by atoms with E-state index in [0.29, 0.717) is 11.6 Å². The Labute approximate surface area is 94.2 Å². The molecule has 0 bridgehead atoms. The maximum absolute atomic E-state index is 11.6. The minimum atomic E-state index is -0.0200. The number of rotatable bonds is 4. The van der Waals surface area contributed by atoms with E-state index in [-0.39, 0.29) is 5.91 Å². The van der Waals surface area contributed by atoms with Crippen LogP contribution in [0.2, 0.25) is 0 Å². The molecule has 0 heterocycles. The van der Waals surface area contributed by atoms with Gasteiger partial charge in [-0.15, -0.1) is 0 Å². The van der Waals surface area contributed by atoms with Crippen LogP contribution >= 0.6 is 0 Å². The second kappa shape index (κ2) is 4.75. The van der Waals surface area contributed by atoms with Gasteiger partial charge in [-0.25, -0.2) is 0 Å². The van der Waals surface area contributed by atoms with Crippen molar-refractivity contribution in [1.29, 1.82) is 0 Å². The number of benzene rings is 1. The normalized spacial score (nSPS) is 15.0. The van der Waals surface area contributed by atoms with Crippen molar-refractivity contribution >= 4 is 18.3 Å². The second-order valence-corrected chi connectivity index (χ2v) is 3.86. The first-order valence-corrected chi connectivity index (χ1v) is 5.32. The number of aldehydes is 1. The van der Waals surface area contributed by atoms with E-state index >= 15 is 0 Å². The smallest absolute Gasteiger partial charge is 0.251 e. The molecule has 1 aliphatic carbocycles. The fraction of sp³-hybridized carbons (Fsp3) is 0.231. The monoisotopic (exact) mass is 215 g/mol. The van der Waals surface area contributed by atoms with E-state index in [9.17, 15) is 9.59 Å². The van der Waals surface area contributed by atoms with Gasteiger partial charge < -0.3 is 5.32 Å². The predicted octanol–water partition coefficient (Wildman–Crippen LogP) is 1.79. The summed E-state index contributed by atoms with van der Waals surface area (Å²) in [5, 5.41) is 2.92. The standard InChI is InChI=1S/C13H13NO2/c15-9-1-2-10-3-5-11(6-4-10)13(16)14-12-7-8-12/h1-6,9,12H,7-8H2,(H,14,16). The predicted molar refractivity (Wildman–Crippen MR) is 62.0 cm³/mol. The van der Waals surface area contributed by atoms with Gasteiger partial charge in [-0.05, 0) is 36.6 Å². The first kappa shape index (κ1) is 10.6. The van der Waals surface area contributed by atoms with Gasteiger partial charge >= 0.3 is 0 Å². The zero-order valence-electron chi connectivity index (χ0n) is 8.85. The van der Waals surface area contributed by atoms with Crippen molar-refractivity contribution in [2.75, 3.05) is 0 Å². The molecule has 1 aromatic rings. The molecule has 0 atom stereocenters. The van der Waals surface area contributed by atoms with Crippen LogP contribution in [0.25, 0.3) is 6.08 Å². The summed E-state index contributed by atoms with van der Waals surface area (Å²) in [7, 11) is 0. The summed E-state index contributed by atoms with van der Waals surface area (Å²) in [6.07, 6.45) is 6.04. The first-order valence-electron chi connectivity index (χ1n) is 5.32. The summed E-state index contributed by atoms with van der Waals surface area (Å²) in [5.41, 5.74) is 1.57. The molecule has 3 nitrogen and oxygen atoms in total. The van der Waals surface area contributed by atoms with Crippen molar-refractivity contribution in [3.8, 4) is 0 Å². The molecule has 3 heteroatoms. The Morgan fingerprint density at radius 3 is 2.50 bits per heavy atom. The molecule has 2 rings (SSSR count). The van der Waals surface area contributed by atoms with Crippen molar-refractivity contribution < 1.29 is 9.59 Å². The minimum Gasteiger partial charge on any atom is -0.349 e. The van der Waals surface area contributed by atoms with Crippen LogP contribution in [0.15, 0.2) is 30.3 Å². The number of carbonyl (C=O) groups is 2. The summed E-state index contributed by atoms with van der Waals surface area (Å²) in [6, 6.07) is 7.55. The Morgan fingerprint density at radius 1 is 1.25 bits per heavy atom. The SMILES string of the molecule is O=CC=Cc1ccc(C(=O)NC2CC2)cc1. The van der Waals surface area contributed by atoms with Crippen LogP contribution in [-0.4, -0.2) is 18.2 Å². The fourth-order valence-corrected chi connectivity index (χ4v) is 1.39. The Bertz CT molecular complexity index is 416. The van der Waals surface area contributed by atoms with Gasteiger partial charge in [0, 0.05) is 11.6 Å². The van der Waals surface area contributed by atoms with E-state index in [2.05, 4.69) is 5.32 Å². The number of allylic oxidation sites excluding steroid dienone is 1. The van der Waals surface area contributed by atoms with E-state index in [1.165, 1.54) is 6.08 Å². The Morgan fingerprint density at radius 2 is 1.94 bits per heavy atom. The summed E-state index contributed by atoms with van der Waals surface area (Å²) in [6.45, 7) is 0. The number of nitrogens with one attached hydrogen (secondary N) is 1. The molecule has 1 fully saturated rings. The van der Waals surface area contributed by atoms with Gasteiger partial charge in [0.2, 0.25) is 0 Å². The average Bonchev–Trinajstić information content (AvgIpc) is 3.11. The highest BCUT2D eigenvalue weighted by molar-refractivity contribution is 5.94. The molecule has 1 aromatic carbocycles. The van der Waals surface area contributed by atoms with Gasteiger partial charge in [0.1, 0.15) is 6.29 Å². The van der Waals surface area contributed by atoms with Crippen LogP contribution in [0.5, 0.6) is 0 Å². The second-order valence-electron chi connectivity index (χ2n) is 3.86. The lowest BCUT2D eigenvalue weighted by Gasteiger charge is -2.03. The lowest BCUT2D eigenvalue weighted by atomic mass is 10.1. The largest absolute Gasteiger partial charge is 0.349 e. The number of hydrogen-bond acceptors (Lipinski definition) is 2. The number of carbonyl (C=O) groups excluding carboxylic acids is 2. The third-order valence-corrected chi connectivity index (χ3v) is 2.45. The zero-order chi connectivity index (χ0) is 11.4. The molecule has 1 amide bonds. The van der Waals surface area contributed by atoms with Gasteiger partial charge in [-0.1, -0.05) is 18.2 Å². The van der Waals surface area contributed by atoms with Crippen LogP contribution in [-0.2, 0) is 4.79 Å². The molecule has 1 N–H and O–H groups in total. The van der Waals surface area contributed by atoms with E-state index in [1.54, 1.807) is 18.2 Å². The fourth-order valence-electron chi connectivity index (χ4n) is 1.39. The van der Waals surface area contributed by atoms with Crippen molar-refractivity contribution in [2.45, 2.75) is 18.9 Å². The quantitative estimate of drug-likeness (QED) is 0.614. The number of amides is 1. The van der Waals surface area contributed by atoms with E-state index in [4.69, 9.17) is 0 Å². The summed E-state index contributed by atoms with van der Waals surface area (Å²) in [5.74, 6) is -0.0200. The minimum absolute atomic E-state index is 0.0200. The molecule has 0 spiro atoms. The zero-order valence-corrected chi connectivity index (χ0v) is 8.85. The lowest BCUT2D eigenvalue weighted by Crippen LogP contribution is -2.25. The van der Waals surface area contributed by atoms with Gasteiger partial charge in [0.05, 0.1) is 0 Å². The molecule has 0 aromatic heterocycles. The van der Waals surface area contributed by atoms with Crippen LogP contribution in [0.3, 0.4) is 0 Å². The van der Waals surface area contributed by atoms with Gasteiger partial charge in [-0.3, -0.25) is 9.59 Å². The van der Waals surface area contributed by atoms with Crippen molar-refractivity contribution in [3.05, 3.63) is 41.5 Å². The summed E-state index contributed by atoms with van der Waals surface area (Å²) in [4.78, 5) is 21.8. The van der Waals surface area contributed by atoms with Gasteiger partial charge in [0.25, 0.3) is 5.91 Å². The molecular formula is C13H13NO2. The van der Waals surface area contributed by atoms with Crippen LogP contribution in [0, 0.1) is 0 Å². The van der Waals surface area contributed by atoms with E-state index in [1.807, 2.05) is 12.1 Å². The molecule has 0 aliphatic heterocycles. The van der Waals surface area contributed by atoms with Crippen molar-refractivity contribution in [1.82, 2.24) is 5.32 Å². The Balaban J connectivity index is 2.02. The molecule has 0 unspecified atom stereocenters. The lowest BCUT2D eigenvalue weighted by molar-refractivity contribution is -0.104. The van der Waals surface area contributed by atoms with Crippen LogP contribution in [0.4, 0.5) is 0 Å². The highest BCUT2D eigenvalue weighted by Gasteiger charge is 2.23. The topological polar surface area (TPSA) is 46.2 Å². The Hall–Kier alpha value is -1.90. The Kier molecular flexibility index (Phi) is 3.15. The maximum atomic E-state index is 11.6. The summed E-state index contributed by atoms with van der Waals surface area (Å²) < 4.78 is 0. The molecule has 82 valence electrons. The first-order chi connectivity index (χ1) is 7.79. The molecule has 1 saturated carbocycles. The maximum Gasteiger partial charge on any atom is 0.251 e. The van der Waals surface area contributed by atoms with E-state index in [0.717, 1.165) is 24.7 Å². The van der Waals surface area contributed by atoms with Crippen LogP contribution < -0.4 is 5.32 Å². The highest BCUT2D eigenvalue weighted by Crippen LogP contribution is 2.19.